The minimum absolute atomic E-state index is 0.212. The zero-order chi connectivity index (χ0) is 17.7. The number of methoxy groups -OCH3 is 1. The van der Waals surface area contributed by atoms with Crippen LogP contribution >= 0.6 is 11.8 Å². The maximum Gasteiger partial charge on any atom is 0.328 e. The molecule has 4 N–H and O–H groups in total. The van der Waals surface area contributed by atoms with E-state index in [0.29, 0.717) is 18.8 Å². The number of esters is 1. The van der Waals surface area contributed by atoms with Crippen LogP contribution in [0.3, 0.4) is 0 Å². The molecule has 0 heterocycles. The molecule has 130 valence electrons. The molecular formula is C14H28N2O5S. The van der Waals surface area contributed by atoms with Gasteiger partial charge in [-0.25, -0.2) is 4.79 Å². The van der Waals surface area contributed by atoms with Gasteiger partial charge in [-0.05, 0) is 30.8 Å². The molecule has 0 aliphatic rings. The molecular weight excluding hydrogens is 308 g/mol. The SMILES string of the molecule is COC(=O)[C@H](CC(C)C)NC(C)=O.CSCC[C@H](N)C(=O)O. The molecule has 0 aromatic heterocycles. The highest BCUT2D eigenvalue weighted by Crippen LogP contribution is 2.05. The summed E-state index contributed by atoms with van der Waals surface area (Å²) in [5.74, 6) is -0.354. The fourth-order valence-electron chi connectivity index (χ4n) is 1.44. The Balaban J connectivity index is 0. The molecule has 0 fully saturated rings. The molecule has 0 rings (SSSR count). The summed E-state index contributed by atoms with van der Waals surface area (Å²) in [5, 5.41) is 10.8. The van der Waals surface area contributed by atoms with Crippen molar-refractivity contribution in [1.29, 1.82) is 0 Å². The third-order valence-corrected chi connectivity index (χ3v) is 3.16. The first kappa shape index (κ1) is 23.0. The molecule has 7 nitrogen and oxygen atoms in total. The highest BCUT2D eigenvalue weighted by atomic mass is 32.2. The lowest BCUT2D eigenvalue weighted by atomic mass is 10.0. The second kappa shape index (κ2) is 13.4. The first-order valence-corrected chi connectivity index (χ1v) is 8.37. The van der Waals surface area contributed by atoms with Crippen molar-refractivity contribution < 1.29 is 24.2 Å². The van der Waals surface area contributed by atoms with Gasteiger partial charge in [0.05, 0.1) is 7.11 Å². The van der Waals surface area contributed by atoms with Gasteiger partial charge in [0, 0.05) is 6.92 Å². The van der Waals surface area contributed by atoms with E-state index in [2.05, 4.69) is 10.1 Å². The summed E-state index contributed by atoms with van der Waals surface area (Å²) in [6.45, 7) is 5.35. The quantitative estimate of drug-likeness (QED) is 0.562. The second-order valence-corrected chi connectivity index (χ2v) is 6.12. The third kappa shape index (κ3) is 13.7. The summed E-state index contributed by atoms with van der Waals surface area (Å²) in [4.78, 5) is 32.0. The van der Waals surface area contributed by atoms with E-state index in [1.54, 1.807) is 11.8 Å². The second-order valence-electron chi connectivity index (χ2n) is 5.13. The highest BCUT2D eigenvalue weighted by Gasteiger charge is 2.20. The number of carboxylic acid groups (broad SMARTS) is 1. The Labute approximate surface area is 136 Å². The van der Waals surface area contributed by atoms with Gasteiger partial charge in [0.25, 0.3) is 0 Å². The van der Waals surface area contributed by atoms with Crippen LogP contribution in [0.25, 0.3) is 0 Å². The Kier molecular flexibility index (Phi) is 14.0. The van der Waals surface area contributed by atoms with E-state index < -0.39 is 18.1 Å². The number of carbonyl (C=O) groups is 3. The number of carboxylic acids is 1. The fourth-order valence-corrected chi connectivity index (χ4v) is 1.93. The smallest absolute Gasteiger partial charge is 0.328 e. The normalized spacial score (nSPS) is 12.7. The van der Waals surface area contributed by atoms with E-state index in [9.17, 15) is 14.4 Å². The van der Waals surface area contributed by atoms with Gasteiger partial charge in [-0.1, -0.05) is 13.8 Å². The van der Waals surface area contributed by atoms with E-state index in [4.69, 9.17) is 10.8 Å². The van der Waals surface area contributed by atoms with Gasteiger partial charge >= 0.3 is 11.9 Å². The molecule has 0 spiro atoms. The maximum absolute atomic E-state index is 11.1. The van der Waals surface area contributed by atoms with Gasteiger partial charge in [-0.2, -0.15) is 11.8 Å². The lowest BCUT2D eigenvalue weighted by Crippen LogP contribution is -2.41. The van der Waals surface area contributed by atoms with Crippen molar-refractivity contribution in [1.82, 2.24) is 5.32 Å². The van der Waals surface area contributed by atoms with E-state index in [1.807, 2.05) is 20.1 Å². The number of hydrogen-bond acceptors (Lipinski definition) is 6. The first-order chi connectivity index (χ1) is 10.1. The minimum Gasteiger partial charge on any atom is -0.480 e. The van der Waals surface area contributed by atoms with Crippen LogP contribution in [0.4, 0.5) is 0 Å². The summed E-state index contributed by atoms with van der Waals surface area (Å²) < 4.78 is 4.56. The number of nitrogens with two attached hydrogens (primary N) is 1. The largest absolute Gasteiger partial charge is 0.480 e. The Morgan fingerprint density at radius 2 is 1.86 bits per heavy atom. The summed E-state index contributed by atoms with van der Waals surface area (Å²) in [6.07, 6.45) is 3.08. The number of nitrogens with one attached hydrogen (secondary N) is 1. The van der Waals surface area contributed by atoms with Gasteiger partial charge < -0.3 is 20.9 Å². The summed E-state index contributed by atoms with van der Waals surface area (Å²) >= 11 is 1.60. The van der Waals surface area contributed by atoms with Crippen molar-refractivity contribution in [3.05, 3.63) is 0 Å². The van der Waals surface area contributed by atoms with Crippen molar-refractivity contribution in [2.75, 3.05) is 19.1 Å². The highest BCUT2D eigenvalue weighted by molar-refractivity contribution is 7.98. The van der Waals surface area contributed by atoms with Crippen molar-refractivity contribution in [2.45, 2.75) is 45.7 Å². The fraction of sp³-hybridized carbons (Fsp3) is 0.786. The lowest BCUT2D eigenvalue weighted by Gasteiger charge is -2.16. The third-order valence-electron chi connectivity index (χ3n) is 2.52. The van der Waals surface area contributed by atoms with Gasteiger partial charge in [0.2, 0.25) is 5.91 Å². The Morgan fingerprint density at radius 1 is 1.32 bits per heavy atom. The van der Waals surface area contributed by atoms with Crippen molar-refractivity contribution >= 4 is 29.6 Å². The topological polar surface area (TPSA) is 119 Å². The predicted octanol–water partition coefficient (Wildman–Crippen LogP) is 0.862. The summed E-state index contributed by atoms with van der Waals surface area (Å²) in [7, 11) is 1.32. The van der Waals surface area contributed by atoms with Crippen LogP contribution in [-0.2, 0) is 19.1 Å². The predicted molar refractivity (Wildman–Crippen MR) is 87.7 cm³/mol. The van der Waals surface area contributed by atoms with Gasteiger partial charge in [-0.3, -0.25) is 9.59 Å². The Hall–Kier alpha value is -1.28. The van der Waals surface area contributed by atoms with E-state index in [0.717, 1.165) is 5.75 Å². The van der Waals surface area contributed by atoms with Crippen LogP contribution in [0.5, 0.6) is 0 Å². The molecule has 22 heavy (non-hydrogen) atoms. The number of ether oxygens (including phenoxy) is 1. The number of aliphatic carboxylic acids is 1. The number of hydrogen-bond donors (Lipinski definition) is 3. The van der Waals surface area contributed by atoms with E-state index in [-0.39, 0.29) is 11.9 Å². The van der Waals surface area contributed by atoms with Crippen LogP contribution in [0.15, 0.2) is 0 Å². The summed E-state index contributed by atoms with van der Waals surface area (Å²) in [5.41, 5.74) is 5.19. The zero-order valence-electron chi connectivity index (χ0n) is 13.9. The molecule has 0 saturated heterocycles. The van der Waals surface area contributed by atoms with Gasteiger partial charge in [0.15, 0.2) is 0 Å². The Morgan fingerprint density at radius 3 is 2.18 bits per heavy atom. The van der Waals surface area contributed by atoms with Gasteiger partial charge in [0.1, 0.15) is 12.1 Å². The van der Waals surface area contributed by atoms with E-state index >= 15 is 0 Å². The monoisotopic (exact) mass is 336 g/mol. The van der Waals surface area contributed by atoms with Crippen LogP contribution in [0, 0.1) is 5.92 Å². The molecule has 0 aliphatic carbocycles. The summed E-state index contributed by atoms with van der Waals surface area (Å²) in [6, 6.07) is -1.19. The van der Waals surface area contributed by atoms with Gasteiger partial charge in [-0.15, -0.1) is 0 Å². The molecule has 0 unspecified atom stereocenters. The molecule has 0 aromatic carbocycles. The average Bonchev–Trinajstić information content (AvgIpc) is 2.42. The molecule has 0 bridgehead atoms. The molecule has 2 atom stereocenters. The van der Waals surface area contributed by atoms with Crippen LogP contribution in [-0.4, -0.2) is 54.2 Å². The number of carbonyl (C=O) groups excluding carboxylic acids is 2. The Bertz CT molecular complexity index is 350. The number of rotatable bonds is 8. The molecule has 0 saturated carbocycles. The van der Waals surface area contributed by atoms with Crippen molar-refractivity contribution in [3.8, 4) is 0 Å². The molecule has 1 amide bonds. The minimum atomic E-state index is -0.913. The molecule has 8 heteroatoms. The van der Waals surface area contributed by atoms with Crippen molar-refractivity contribution in [2.24, 2.45) is 11.7 Å². The van der Waals surface area contributed by atoms with Crippen molar-refractivity contribution in [3.63, 3.8) is 0 Å². The van der Waals surface area contributed by atoms with E-state index in [1.165, 1.54) is 14.0 Å². The standard InChI is InChI=1S/C9H17NO3.C5H11NO2S/c1-6(2)5-8(9(12)13-4)10-7(3)11;1-9-3-2-4(6)5(7)8/h6,8H,5H2,1-4H3,(H,10,11);4H,2-3,6H2,1H3,(H,7,8)/t8-;4-/m00/s1. The molecule has 0 aromatic rings. The molecule has 0 aliphatic heterocycles. The van der Waals surface area contributed by atoms with Crippen LogP contribution in [0.1, 0.15) is 33.6 Å². The van der Waals surface area contributed by atoms with Crippen LogP contribution in [0.2, 0.25) is 0 Å². The number of thioether (sulfide) groups is 1. The molecule has 0 radical (unpaired) electrons. The zero-order valence-corrected chi connectivity index (χ0v) is 14.7. The maximum atomic E-state index is 11.1. The lowest BCUT2D eigenvalue weighted by molar-refractivity contribution is -0.145. The number of amides is 1. The first-order valence-electron chi connectivity index (χ1n) is 6.97. The van der Waals surface area contributed by atoms with Crippen LogP contribution < -0.4 is 11.1 Å². The average molecular weight is 336 g/mol.